The number of carbonyl (C=O) groups excluding carboxylic acids is 3. The van der Waals surface area contributed by atoms with E-state index in [1.807, 2.05) is 60.7 Å². The number of ether oxygens (including phenoxy) is 2. The fourth-order valence-corrected chi connectivity index (χ4v) is 11.5. The van der Waals surface area contributed by atoms with E-state index in [1.54, 1.807) is 11.9 Å². The van der Waals surface area contributed by atoms with E-state index >= 15 is 0 Å². The van der Waals surface area contributed by atoms with E-state index in [2.05, 4.69) is 110 Å². The van der Waals surface area contributed by atoms with Gasteiger partial charge in [0.15, 0.2) is 0 Å². The minimum absolute atomic E-state index is 0. The molecule has 0 heterocycles. The Morgan fingerprint density at radius 1 is 0.534 bits per heavy atom. The molecule has 8 heteroatoms. The first-order valence-electron chi connectivity index (χ1n) is 20.3. The van der Waals surface area contributed by atoms with Gasteiger partial charge in [-0.05, 0) is 104 Å². The van der Waals surface area contributed by atoms with E-state index in [9.17, 15) is 14.4 Å². The molecule has 0 spiro atoms. The van der Waals surface area contributed by atoms with Gasteiger partial charge in [0.1, 0.15) is 6.29 Å². The molecule has 5 aromatic rings. The summed E-state index contributed by atoms with van der Waals surface area (Å²) in [5.74, 6) is 3.45. The Labute approximate surface area is 373 Å². The third-order valence-electron chi connectivity index (χ3n) is 11.0. The minimum Gasteiger partial charge on any atom is -0.466 e. The molecule has 58 heavy (non-hydrogen) atoms. The van der Waals surface area contributed by atoms with Crippen molar-refractivity contribution in [2.24, 2.45) is 11.8 Å². The molecule has 2 radical (unpaired) electrons. The normalized spacial score (nSPS) is 18.6. The SMILES string of the molecule is COC(=O)/C=C/C1CCC(c2ccccc2)CC1.COC(=O)C=P(c1ccccc1)(c1ccccc1)c1ccccc1.O=CC1CCC(c2ccccc2)CC1.[2H][B].[U]. The van der Waals surface area contributed by atoms with Crippen LogP contribution in [0.5, 0.6) is 0 Å². The molecule has 0 atom stereocenters. The minimum atomic E-state index is -2.23. The molecule has 2 saturated carbocycles. The molecular formula is C50H56BO5PU. The number of methoxy groups -OCH3 is 2. The van der Waals surface area contributed by atoms with E-state index in [-0.39, 0.29) is 43.1 Å². The van der Waals surface area contributed by atoms with Crippen LogP contribution in [0.1, 0.15) is 74.3 Å². The van der Waals surface area contributed by atoms with Crippen molar-refractivity contribution >= 4 is 55.2 Å². The van der Waals surface area contributed by atoms with Crippen molar-refractivity contribution in [2.45, 2.75) is 63.2 Å². The predicted octanol–water partition coefficient (Wildman–Crippen LogP) is 9.16. The van der Waals surface area contributed by atoms with Crippen LogP contribution in [0.2, 0.25) is 0 Å². The van der Waals surface area contributed by atoms with Crippen LogP contribution in [-0.4, -0.2) is 48.0 Å². The molecule has 5 nitrogen and oxygen atoms in total. The first-order chi connectivity index (χ1) is 28.5. The van der Waals surface area contributed by atoms with Gasteiger partial charge >= 0.3 is 11.9 Å². The van der Waals surface area contributed by atoms with Gasteiger partial charge in [-0.2, -0.15) is 0 Å². The largest absolute Gasteiger partial charge is 0.466 e. The maximum Gasteiger partial charge on any atom is 0.331 e. The quantitative estimate of drug-likeness (QED) is 0.0485. The third-order valence-corrected chi connectivity index (χ3v) is 14.9. The van der Waals surface area contributed by atoms with E-state index in [4.69, 9.17) is 6.07 Å². The van der Waals surface area contributed by atoms with Gasteiger partial charge in [0, 0.05) is 57.3 Å². The number of allylic oxidation sites excluding steroid dienone is 1. The number of hydrogen-bond acceptors (Lipinski definition) is 5. The van der Waals surface area contributed by atoms with Gasteiger partial charge in [0.2, 0.25) is 0 Å². The summed E-state index contributed by atoms with van der Waals surface area (Å²) in [5, 5.41) is 3.40. The first-order valence-corrected chi connectivity index (χ1v) is 21.6. The number of benzene rings is 5. The molecule has 2 aliphatic rings. The van der Waals surface area contributed by atoms with E-state index in [1.165, 1.54) is 51.0 Å². The smallest absolute Gasteiger partial charge is 0.331 e. The summed E-state index contributed by atoms with van der Waals surface area (Å²) in [6.07, 6.45) is 13.9. The zero-order valence-corrected chi connectivity index (χ0v) is 38.8. The van der Waals surface area contributed by atoms with Crippen LogP contribution in [0.25, 0.3) is 0 Å². The Morgan fingerprint density at radius 2 is 0.862 bits per heavy atom. The molecule has 2 aliphatic carbocycles. The van der Waals surface area contributed by atoms with Crippen LogP contribution in [0.15, 0.2) is 164 Å². The molecule has 7 rings (SSSR count). The second-order valence-electron chi connectivity index (χ2n) is 14.4. The van der Waals surface area contributed by atoms with Crippen molar-refractivity contribution in [3.8, 4) is 0 Å². The van der Waals surface area contributed by atoms with Crippen LogP contribution in [0.4, 0.5) is 0 Å². The molecule has 5 aromatic carbocycles. The van der Waals surface area contributed by atoms with Crippen LogP contribution in [-0.2, 0) is 23.9 Å². The summed E-state index contributed by atoms with van der Waals surface area (Å²) in [5.41, 5.74) is 2.89. The maximum atomic E-state index is 12.3. The molecule has 0 aromatic heterocycles. The van der Waals surface area contributed by atoms with Crippen molar-refractivity contribution in [3.63, 3.8) is 0 Å². The number of aldehydes is 1. The van der Waals surface area contributed by atoms with Crippen molar-refractivity contribution in [3.05, 3.63) is 175 Å². The average Bonchev–Trinajstić information content (AvgIpc) is 3.32. The molecule has 0 bridgehead atoms. The topological polar surface area (TPSA) is 69.7 Å². The molecular weight excluding hydrogens is 960 g/mol. The standard InChI is InChI=1S/C21H19O2P.C16H20O2.C13H16O.BH.U/c1-23-21(22)17-24(18-11-5-2-6-12-18,19-13-7-3-8-14-19)20-15-9-4-10-16-20;1-18-16(17)12-9-13-7-10-15(11-8-13)14-5-3-2-4-6-14;14-10-11-6-8-13(9-7-11)12-4-2-1-3-5-12;;/h2-17H,1H3;2-6,9,12-13,15H,7-8,10-11H2,1H3;1-5,10-11,13H,6-9H2;1H;/b;12-9+;;;/i;;;1D;. The van der Waals surface area contributed by atoms with Crippen molar-refractivity contribution in [1.82, 2.24) is 0 Å². The van der Waals surface area contributed by atoms with Gasteiger partial charge in [-0.3, -0.25) is 0 Å². The van der Waals surface area contributed by atoms with E-state index < -0.39 is 6.89 Å². The van der Waals surface area contributed by atoms with E-state index in [0.717, 1.165) is 47.9 Å². The van der Waals surface area contributed by atoms with Crippen molar-refractivity contribution in [2.75, 3.05) is 14.2 Å². The van der Waals surface area contributed by atoms with Crippen molar-refractivity contribution < 1.29 is 55.0 Å². The Kier molecular flexibility index (Phi) is 20.9. The Bertz CT molecular complexity index is 1900. The van der Waals surface area contributed by atoms with Crippen LogP contribution >= 0.6 is 6.89 Å². The second-order valence-corrected chi connectivity index (χ2v) is 17.7. The summed E-state index contributed by atoms with van der Waals surface area (Å²) in [6, 6.07) is 52.0. The number of rotatable bonds is 9. The van der Waals surface area contributed by atoms with Gasteiger partial charge in [-0.1, -0.05) is 158 Å². The molecule has 0 saturated heterocycles. The van der Waals surface area contributed by atoms with Crippen LogP contribution in [0.3, 0.4) is 0 Å². The molecule has 298 valence electrons. The van der Waals surface area contributed by atoms with Gasteiger partial charge in [0.25, 0.3) is 0 Å². The zero-order chi connectivity index (χ0) is 41.4. The number of esters is 2. The fourth-order valence-electron chi connectivity index (χ4n) is 7.84. The van der Waals surface area contributed by atoms with Crippen LogP contribution in [0, 0.1) is 42.9 Å². The van der Waals surface area contributed by atoms with Gasteiger partial charge in [0.05, 0.1) is 14.2 Å². The fraction of sp³-hybridized carbons (Fsp3) is 0.280. The Morgan fingerprint density at radius 3 is 1.19 bits per heavy atom. The van der Waals surface area contributed by atoms with E-state index in [0.29, 0.717) is 23.7 Å². The van der Waals surface area contributed by atoms with Gasteiger partial charge < -0.3 is 14.3 Å². The molecule has 0 amide bonds. The summed E-state index contributed by atoms with van der Waals surface area (Å²) in [7, 11) is 6.59. The Hall–Kier alpha value is -4.13. The van der Waals surface area contributed by atoms with Gasteiger partial charge in [-0.25, -0.2) is 9.59 Å². The number of hydrogen-bond donors (Lipinski definition) is 0. The second kappa shape index (κ2) is 26.1. The average molecular weight is 1020 g/mol. The monoisotopic (exact) mass is 1020 g/mol. The summed E-state index contributed by atoms with van der Waals surface area (Å²) in [4.78, 5) is 33.9. The molecule has 2 fully saturated rings. The first kappa shape index (κ1) is 46.6. The summed E-state index contributed by atoms with van der Waals surface area (Å²) in [6.45, 7) is -2.23. The zero-order valence-electron chi connectivity index (χ0n) is 34.8. The summed E-state index contributed by atoms with van der Waals surface area (Å²) < 4.78 is 14.9. The third kappa shape index (κ3) is 14.0. The summed E-state index contributed by atoms with van der Waals surface area (Å²) >= 11 is 0. The molecule has 0 unspecified atom stereocenters. The maximum absolute atomic E-state index is 12.3. The Balaban J connectivity index is 0.000000237. The van der Waals surface area contributed by atoms with Crippen molar-refractivity contribution in [1.29, 1.82) is 1.34 Å². The number of carbonyl (C=O) groups is 3. The molecule has 0 aliphatic heterocycles. The van der Waals surface area contributed by atoms with Gasteiger partial charge in [-0.15, -0.1) is 0 Å². The molecule has 0 N–H and O–H groups in total. The van der Waals surface area contributed by atoms with Crippen LogP contribution < -0.4 is 15.9 Å². The predicted molar refractivity (Wildman–Crippen MR) is 240 cm³/mol.